The summed E-state index contributed by atoms with van der Waals surface area (Å²) in [6, 6.07) is 6.01. The van der Waals surface area contributed by atoms with E-state index in [1.807, 2.05) is 12.1 Å². The monoisotopic (exact) mass is 298 g/mol. The summed E-state index contributed by atoms with van der Waals surface area (Å²) < 4.78 is 6.62. The highest BCUT2D eigenvalue weighted by atomic mass is 79.9. The summed E-state index contributed by atoms with van der Waals surface area (Å²) in [7, 11) is 0. The van der Waals surface area contributed by atoms with Crippen LogP contribution in [0.4, 0.5) is 5.69 Å². The second-order valence-corrected chi connectivity index (χ2v) is 5.79. The Morgan fingerprint density at radius 3 is 2.94 bits per heavy atom. The Bertz CT molecular complexity index is 410. The lowest BCUT2D eigenvalue weighted by atomic mass is 9.94. The van der Waals surface area contributed by atoms with Crippen LogP contribution in [0.25, 0.3) is 0 Å². The zero-order chi connectivity index (χ0) is 12.5. The highest BCUT2D eigenvalue weighted by Gasteiger charge is 2.36. The molecule has 3 nitrogen and oxygen atoms in total. The molecule has 1 fully saturated rings. The number of hydrogen-bond acceptors (Lipinski definition) is 3. The summed E-state index contributed by atoms with van der Waals surface area (Å²) in [5.41, 5.74) is 7.99. The Morgan fingerprint density at radius 1 is 1.59 bits per heavy atom. The third-order valence-electron chi connectivity index (χ3n) is 3.68. The van der Waals surface area contributed by atoms with Gasteiger partial charge in [0.2, 0.25) is 0 Å². The van der Waals surface area contributed by atoms with Gasteiger partial charge >= 0.3 is 0 Å². The number of anilines is 1. The molecular weight excluding hydrogens is 280 g/mol. The van der Waals surface area contributed by atoms with Gasteiger partial charge in [-0.3, -0.25) is 0 Å². The van der Waals surface area contributed by atoms with Gasteiger partial charge in [-0.2, -0.15) is 0 Å². The number of hydrogen-bond donors (Lipinski definition) is 2. The first-order chi connectivity index (χ1) is 8.01. The molecule has 0 amide bonds. The Hall–Kier alpha value is -0.580. The molecule has 1 aromatic carbocycles. The van der Waals surface area contributed by atoms with Crippen LogP contribution in [-0.4, -0.2) is 18.2 Å². The van der Waals surface area contributed by atoms with Crippen LogP contribution in [0.3, 0.4) is 0 Å². The average Bonchev–Trinajstić information content (AvgIpc) is 2.59. The summed E-state index contributed by atoms with van der Waals surface area (Å²) in [5, 5.41) is 3.56. The second-order valence-electron chi connectivity index (χ2n) is 4.88. The van der Waals surface area contributed by atoms with Gasteiger partial charge < -0.3 is 15.8 Å². The fraction of sp³-hybridized carbons (Fsp3) is 0.538. The number of nitrogen functional groups attached to an aromatic ring is 1. The van der Waals surface area contributed by atoms with Crippen LogP contribution >= 0.6 is 15.9 Å². The van der Waals surface area contributed by atoms with Gasteiger partial charge in [0.25, 0.3) is 0 Å². The molecule has 0 radical (unpaired) electrons. The van der Waals surface area contributed by atoms with Crippen LogP contribution in [0.15, 0.2) is 22.7 Å². The fourth-order valence-corrected chi connectivity index (χ4v) is 2.47. The molecule has 17 heavy (non-hydrogen) atoms. The Morgan fingerprint density at radius 2 is 2.35 bits per heavy atom. The molecule has 2 rings (SSSR count). The number of rotatable bonds is 3. The van der Waals surface area contributed by atoms with E-state index in [-0.39, 0.29) is 11.6 Å². The van der Waals surface area contributed by atoms with Crippen molar-refractivity contribution in [3.8, 4) is 0 Å². The predicted molar refractivity (Wildman–Crippen MR) is 73.8 cm³/mol. The zero-order valence-corrected chi connectivity index (χ0v) is 11.9. The smallest absolute Gasteiger partial charge is 0.0726 e. The lowest BCUT2D eigenvalue weighted by molar-refractivity contribution is 0.0882. The van der Waals surface area contributed by atoms with Gasteiger partial charge in [0.1, 0.15) is 0 Å². The van der Waals surface area contributed by atoms with E-state index in [2.05, 4.69) is 41.2 Å². The summed E-state index contributed by atoms with van der Waals surface area (Å²) in [6.45, 7) is 5.94. The third kappa shape index (κ3) is 2.81. The normalized spacial score (nSPS) is 28.5. The van der Waals surface area contributed by atoms with Crippen molar-refractivity contribution in [3.63, 3.8) is 0 Å². The molecular formula is C13H19BrN2O. The van der Waals surface area contributed by atoms with Crippen molar-refractivity contribution >= 4 is 21.6 Å². The largest absolute Gasteiger partial charge is 0.398 e. The molecule has 2 unspecified atom stereocenters. The van der Waals surface area contributed by atoms with E-state index in [1.165, 1.54) is 0 Å². The molecule has 4 heteroatoms. The van der Waals surface area contributed by atoms with E-state index in [4.69, 9.17) is 10.5 Å². The van der Waals surface area contributed by atoms with Crippen LogP contribution in [0.5, 0.6) is 0 Å². The Labute approximate surface area is 111 Å². The van der Waals surface area contributed by atoms with Gasteiger partial charge in [-0.25, -0.2) is 0 Å². The highest BCUT2D eigenvalue weighted by molar-refractivity contribution is 9.10. The maximum absolute atomic E-state index is 5.98. The predicted octanol–water partition coefficient (Wildman–Crippen LogP) is 2.69. The average molecular weight is 299 g/mol. The topological polar surface area (TPSA) is 47.3 Å². The quantitative estimate of drug-likeness (QED) is 0.844. The van der Waals surface area contributed by atoms with Gasteiger partial charge in [-0.1, -0.05) is 22.0 Å². The third-order valence-corrected chi connectivity index (χ3v) is 4.17. The van der Waals surface area contributed by atoms with E-state index >= 15 is 0 Å². The number of nitrogens with one attached hydrogen (secondary N) is 1. The first-order valence-electron chi connectivity index (χ1n) is 5.92. The maximum atomic E-state index is 5.98. The van der Waals surface area contributed by atoms with Crippen LogP contribution < -0.4 is 11.1 Å². The fourth-order valence-electron chi connectivity index (χ4n) is 2.09. The highest BCUT2D eigenvalue weighted by Crippen LogP contribution is 2.26. The van der Waals surface area contributed by atoms with E-state index in [1.54, 1.807) is 0 Å². The molecule has 3 N–H and O–H groups in total. The summed E-state index contributed by atoms with van der Waals surface area (Å²) >= 11 is 3.41. The van der Waals surface area contributed by atoms with E-state index in [0.29, 0.717) is 0 Å². The summed E-state index contributed by atoms with van der Waals surface area (Å²) in [6.07, 6.45) is 1.30. The summed E-state index contributed by atoms with van der Waals surface area (Å²) in [4.78, 5) is 0. The molecule has 2 atom stereocenters. The molecule has 0 aromatic heterocycles. The molecule has 1 saturated heterocycles. The maximum Gasteiger partial charge on any atom is 0.0726 e. The summed E-state index contributed by atoms with van der Waals surface area (Å²) in [5.74, 6) is 0. The minimum Gasteiger partial charge on any atom is -0.398 e. The van der Waals surface area contributed by atoms with E-state index < -0.39 is 0 Å². The first kappa shape index (κ1) is 12.9. The molecule has 1 heterocycles. The van der Waals surface area contributed by atoms with Crippen molar-refractivity contribution < 1.29 is 4.74 Å². The van der Waals surface area contributed by atoms with Gasteiger partial charge in [-0.05, 0) is 38.0 Å². The van der Waals surface area contributed by atoms with Gasteiger partial charge in [0.15, 0.2) is 0 Å². The lowest BCUT2D eigenvalue weighted by Gasteiger charge is -2.29. The van der Waals surface area contributed by atoms with Gasteiger partial charge in [0, 0.05) is 28.9 Å². The Kier molecular flexibility index (Phi) is 3.76. The van der Waals surface area contributed by atoms with Crippen molar-refractivity contribution in [1.29, 1.82) is 0 Å². The number of halogens is 1. The molecule has 1 aromatic rings. The minimum atomic E-state index is 0.0551. The molecule has 1 aliphatic heterocycles. The van der Waals surface area contributed by atoms with Gasteiger partial charge in [0.05, 0.1) is 6.10 Å². The zero-order valence-electron chi connectivity index (χ0n) is 10.3. The molecule has 1 aliphatic rings. The Balaban J connectivity index is 2.02. The second kappa shape index (κ2) is 4.96. The standard InChI is InChI=1S/C13H19BrN2O/c1-9-13(2,5-6-17-9)16-8-10-3-4-11(14)7-12(10)15/h3-4,7,9,16H,5-6,8,15H2,1-2H3. The van der Waals surface area contributed by atoms with E-state index in [0.717, 1.165) is 35.3 Å². The van der Waals surface area contributed by atoms with Crippen molar-refractivity contribution in [3.05, 3.63) is 28.2 Å². The van der Waals surface area contributed by atoms with Crippen molar-refractivity contribution in [2.45, 2.75) is 38.5 Å². The first-order valence-corrected chi connectivity index (χ1v) is 6.71. The van der Waals surface area contributed by atoms with Crippen LogP contribution in [0.1, 0.15) is 25.8 Å². The lowest BCUT2D eigenvalue weighted by Crippen LogP contribution is -2.47. The van der Waals surface area contributed by atoms with Crippen LogP contribution in [0, 0.1) is 0 Å². The molecule has 0 aliphatic carbocycles. The molecule has 0 spiro atoms. The molecule has 94 valence electrons. The van der Waals surface area contributed by atoms with Crippen LogP contribution in [-0.2, 0) is 11.3 Å². The van der Waals surface area contributed by atoms with Crippen molar-refractivity contribution in [1.82, 2.24) is 5.32 Å². The molecule has 0 bridgehead atoms. The van der Waals surface area contributed by atoms with Crippen molar-refractivity contribution in [2.75, 3.05) is 12.3 Å². The number of ether oxygens (including phenoxy) is 1. The van der Waals surface area contributed by atoms with Crippen LogP contribution in [0.2, 0.25) is 0 Å². The van der Waals surface area contributed by atoms with Gasteiger partial charge in [-0.15, -0.1) is 0 Å². The van der Waals surface area contributed by atoms with Crippen molar-refractivity contribution in [2.24, 2.45) is 0 Å². The number of nitrogens with two attached hydrogens (primary N) is 1. The minimum absolute atomic E-state index is 0.0551. The SMILES string of the molecule is CC1OCCC1(C)NCc1ccc(Br)cc1N. The molecule has 0 saturated carbocycles. The van der Waals surface area contributed by atoms with E-state index in [9.17, 15) is 0 Å². The number of benzene rings is 1.